The van der Waals surface area contributed by atoms with Crippen LogP contribution in [0.4, 0.5) is 0 Å². The van der Waals surface area contributed by atoms with Crippen LogP contribution in [0.25, 0.3) is 0 Å². The third-order valence-corrected chi connectivity index (χ3v) is 7.58. The topological polar surface area (TPSA) is 26.3 Å². The minimum atomic E-state index is 0.0237. The SMILES string of the molecule is CCCCCCCCCCCCCCCCCCCCCCCCCCC1CCCC(=O)O1. The van der Waals surface area contributed by atoms with E-state index in [1.807, 2.05) is 0 Å². The molecule has 196 valence electrons. The Balaban J connectivity index is 1.64. The molecule has 0 bridgehead atoms. The lowest BCUT2D eigenvalue weighted by Gasteiger charge is -2.21. The Morgan fingerprint density at radius 3 is 1.21 bits per heavy atom. The predicted octanol–water partition coefficient (Wildman–Crippen LogP) is 10.9. The fraction of sp³-hybridized carbons (Fsp3) is 0.968. The molecule has 0 aromatic rings. The molecule has 0 saturated carbocycles. The van der Waals surface area contributed by atoms with Crippen LogP contribution in [0.2, 0.25) is 0 Å². The van der Waals surface area contributed by atoms with E-state index in [0.29, 0.717) is 6.42 Å². The molecule has 1 atom stereocenters. The molecule has 1 heterocycles. The maximum Gasteiger partial charge on any atom is 0.306 e. The molecule has 1 rings (SSSR count). The zero-order valence-corrected chi connectivity index (χ0v) is 22.7. The van der Waals surface area contributed by atoms with E-state index in [2.05, 4.69) is 6.92 Å². The summed E-state index contributed by atoms with van der Waals surface area (Å²) in [6, 6.07) is 0. The van der Waals surface area contributed by atoms with E-state index >= 15 is 0 Å². The van der Waals surface area contributed by atoms with Crippen molar-refractivity contribution in [1.82, 2.24) is 0 Å². The number of unbranched alkanes of at least 4 members (excludes halogenated alkanes) is 23. The first kappa shape index (κ1) is 30.5. The summed E-state index contributed by atoms with van der Waals surface area (Å²) in [4.78, 5) is 11.3. The maximum atomic E-state index is 11.3. The van der Waals surface area contributed by atoms with Crippen LogP contribution < -0.4 is 0 Å². The highest BCUT2D eigenvalue weighted by atomic mass is 16.5. The summed E-state index contributed by atoms with van der Waals surface area (Å²) < 4.78 is 5.40. The van der Waals surface area contributed by atoms with E-state index in [0.717, 1.165) is 19.3 Å². The summed E-state index contributed by atoms with van der Waals surface area (Å²) in [7, 11) is 0. The number of hydrogen-bond acceptors (Lipinski definition) is 2. The standard InChI is InChI=1S/C31H60O2/c1-2-3-4-5-6-7-8-9-10-11-12-13-14-15-16-17-18-19-20-21-22-23-24-25-27-30-28-26-29-31(32)33-30/h30H,2-29H2,1H3. The fourth-order valence-electron chi connectivity index (χ4n) is 5.32. The average Bonchev–Trinajstić information content (AvgIpc) is 2.82. The van der Waals surface area contributed by atoms with Crippen molar-refractivity contribution in [3.05, 3.63) is 0 Å². The van der Waals surface area contributed by atoms with E-state index in [-0.39, 0.29) is 12.1 Å². The number of cyclic esters (lactones) is 1. The quantitative estimate of drug-likeness (QED) is 0.0991. The summed E-state index contributed by atoms with van der Waals surface area (Å²) in [5.74, 6) is 0.0237. The van der Waals surface area contributed by atoms with Gasteiger partial charge in [-0.3, -0.25) is 4.79 Å². The zero-order valence-electron chi connectivity index (χ0n) is 22.7. The van der Waals surface area contributed by atoms with Crippen LogP contribution in [0, 0.1) is 0 Å². The van der Waals surface area contributed by atoms with Crippen molar-refractivity contribution in [2.75, 3.05) is 0 Å². The highest BCUT2D eigenvalue weighted by Crippen LogP contribution is 2.20. The molecular formula is C31H60O2. The van der Waals surface area contributed by atoms with Crippen molar-refractivity contribution in [3.63, 3.8) is 0 Å². The van der Waals surface area contributed by atoms with Crippen LogP contribution in [0.3, 0.4) is 0 Å². The summed E-state index contributed by atoms with van der Waals surface area (Å²) in [6.07, 6.45) is 38.5. The molecule has 2 nitrogen and oxygen atoms in total. The van der Waals surface area contributed by atoms with Crippen molar-refractivity contribution < 1.29 is 9.53 Å². The third kappa shape index (κ3) is 21.7. The third-order valence-electron chi connectivity index (χ3n) is 7.58. The lowest BCUT2D eigenvalue weighted by atomic mass is 10.0. The Labute approximate surface area is 208 Å². The van der Waals surface area contributed by atoms with Gasteiger partial charge in [0.15, 0.2) is 0 Å². The monoisotopic (exact) mass is 464 g/mol. The van der Waals surface area contributed by atoms with Crippen molar-refractivity contribution in [1.29, 1.82) is 0 Å². The summed E-state index contributed by atoms with van der Waals surface area (Å²) in [5.41, 5.74) is 0. The van der Waals surface area contributed by atoms with Gasteiger partial charge in [0.1, 0.15) is 6.10 Å². The van der Waals surface area contributed by atoms with Crippen LogP contribution in [0.1, 0.15) is 187 Å². The Morgan fingerprint density at radius 1 is 0.545 bits per heavy atom. The molecule has 0 radical (unpaired) electrons. The first-order chi connectivity index (χ1) is 16.3. The predicted molar refractivity (Wildman–Crippen MR) is 145 cm³/mol. The molecule has 0 amide bonds. The van der Waals surface area contributed by atoms with E-state index in [4.69, 9.17) is 4.74 Å². The number of hydrogen-bond donors (Lipinski definition) is 0. The van der Waals surface area contributed by atoms with E-state index in [1.54, 1.807) is 0 Å². The van der Waals surface area contributed by atoms with Crippen LogP contribution in [-0.4, -0.2) is 12.1 Å². The lowest BCUT2D eigenvalue weighted by Crippen LogP contribution is -2.23. The largest absolute Gasteiger partial charge is 0.462 e. The van der Waals surface area contributed by atoms with Gasteiger partial charge in [0.05, 0.1) is 0 Å². The molecule has 0 aromatic carbocycles. The van der Waals surface area contributed by atoms with Crippen LogP contribution >= 0.6 is 0 Å². The minimum absolute atomic E-state index is 0.0237. The van der Waals surface area contributed by atoms with Crippen molar-refractivity contribution in [3.8, 4) is 0 Å². The number of carbonyl (C=O) groups is 1. The van der Waals surface area contributed by atoms with Gasteiger partial charge >= 0.3 is 5.97 Å². The van der Waals surface area contributed by atoms with Crippen LogP contribution in [-0.2, 0) is 9.53 Å². The van der Waals surface area contributed by atoms with E-state index in [9.17, 15) is 4.79 Å². The van der Waals surface area contributed by atoms with Gasteiger partial charge in [0.25, 0.3) is 0 Å². The molecule has 0 aromatic heterocycles. The second-order valence-corrected chi connectivity index (χ2v) is 10.9. The van der Waals surface area contributed by atoms with Gasteiger partial charge in [-0.05, 0) is 25.7 Å². The average molecular weight is 465 g/mol. The van der Waals surface area contributed by atoms with Crippen LogP contribution in [0.15, 0.2) is 0 Å². The highest BCUT2D eigenvalue weighted by molar-refractivity contribution is 5.70. The molecule has 1 saturated heterocycles. The molecule has 0 spiro atoms. The van der Waals surface area contributed by atoms with Gasteiger partial charge in [0, 0.05) is 6.42 Å². The number of esters is 1. The second kappa shape index (κ2) is 24.6. The van der Waals surface area contributed by atoms with Gasteiger partial charge in [-0.1, -0.05) is 155 Å². The van der Waals surface area contributed by atoms with Crippen molar-refractivity contribution in [2.45, 2.75) is 193 Å². The molecule has 1 aliphatic heterocycles. The van der Waals surface area contributed by atoms with Gasteiger partial charge in [-0.25, -0.2) is 0 Å². The summed E-state index contributed by atoms with van der Waals surface area (Å²) >= 11 is 0. The normalized spacial score (nSPS) is 16.3. The first-order valence-corrected chi connectivity index (χ1v) is 15.5. The maximum absolute atomic E-state index is 11.3. The zero-order chi connectivity index (χ0) is 23.7. The van der Waals surface area contributed by atoms with Crippen molar-refractivity contribution in [2.24, 2.45) is 0 Å². The van der Waals surface area contributed by atoms with Crippen LogP contribution in [0.5, 0.6) is 0 Å². The van der Waals surface area contributed by atoms with E-state index < -0.39 is 0 Å². The highest BCUT2D eigenvalue weighted by Gasteiger charge is 2.19. The number of ether oxygens (including phenoxy) is 1. The van der Waals surface area contributed by atoms with Gasteiger partial charge in [-0.15, -0.1) is 0 Å². The molecule has 33 heavy (non-hydrogen) atoms. The Bertz CT molecular complexity index is 406. The molecule has 0 aliphatic carbocycles. The smallest absolute Gasteiger partial charge is 0.306 e. The molecule has 1 aliphatic rings. The summed E-state index contributed by atoms with van der Waals surface area (Å²) in [5, 5.41) is 0. The molecule has 1 fully saturated rings. The summed E-state index contributed by atoms with van der Waals surface area (Å²) in [6.45, 7) is 2.30. The van der Waals surface area contributed by atoms with Crippen molar-refractivity contribution >= 4 is 5.97 Å². The lowest BCUT2D eigenvalue weighted by molar-refractivity contribution is -0.154. The van der Waals surface area contributed by atoms with Gasteiger partial charge in [-0.2, -0.15) is 0 Å². The second-order valence-electron chi connectivity index (χ2n) is 10.9. The molecular weight excluding hydrogens is 404 g/mol. The first-order valence-electron chi connectivity index (χ1n) is 15.5. The minimum Gasteiger partial charge on any atom is -0.462 e. The Kier molecular flexibility index (Phi) is 22.7. The Hall–Kier alpha value is -0.530. The number of rotatable bonds is 25. The number of carbonyl (C=O) groups excluding carboxylic acids is 1. The fourth-order valence-corrected chi connectivity index (χ4v) is 5.32. The molecule has 2 heteroatoms. The Morgan fingerprint density at radius 2 is 0.879 bits per heavy atom. The van der Waals surface area contributed by atoms with Gasteiger partial charge < -0.3 is 4.74 Å². The molecule has 0 N–H and O–H groups in total. The molecule has 1 unspecified atom stereocenters. The van der Waals surface area contributed by atoms with E-state index in [1.165, 1.54) is 154 Å². The van der Waals surface area contributed by atoms with Gasteiger partial charge in [0.2, 0.25) is 0 Å².